The Hall–Kier alpha value is -2.34. The minimum absolute atomic E-state index is 0.0527. The maximum atomic E-state index is 13.1. The summed E-state index contributed by atoms with van der Waals surface area (Å²) >= 11 is 1.58. The van der Waals surface area contributed by atoms with Crippen LogP contribution in [0.4, 0.5) is 10.1 Å². The molecule has 0 aliphatic carbocycles. The quantitative estimate of drug-likeness (QED) is 0.880. The predicted octanol–water partition coefficient (Wildman–Crippen LogP) is 4.06. The van der Waals surface area contributed by atoms with Gasteiger partial charge in [0.05, 0.1) is 0 Å². The van der Waals surface area contributed by atoms with Gasteiger partial charge in [0.1, 0.15) is 17.2 Å². The highest BCUT2D eigenvalue weighted by atomic mass is 32.2. The van der Waals surface area contributed by atoms with Gasteiger partial charge >= 0.3 is 0 Å². The lowest BCUT2D eigenvalue weighted by Gasteiger charge is -2.30. The van der Waals surface area contributed by atoms with Crippen LogP contribution in [0.1, 0.15) is 24.8 Å². The van der Waals surface area contributed by atoms with Crippen LogP contribution in [0.25, 0.3) is 0 Å². The highest BCUT2D eigenvalue weighted by molar-refractivity contribution is 7.99. The van der Waals surface area contributed by atoms with E-state index in [0.717, 1.165) is 5.56 Å². The number of hydrogen-bond acceptors (Lipinski definition) is 3. The molecule has 1 aliphatic rings. The van der Waals surface area contributed by atoms with E-state index in [1.807, 2.05) is 44.2 Å². The molecule has 6 heteroatoms. The predicted molar refractivity (Wildman–Crippen MR) is 102 cm³/mol. The zero-order valence-corrected chi connectivity index (χ0v) is 15.5. The third-order valence-electron chi connectivity index (χ3n) is 4.25. The fourth-order valence-electron chi connectivity index (χ4n) is 2.91. The van der Waals surface area contributed by atoms with E-state index in [0.29, 0.717) is 11.4 Å². The Morgan fingerprint density at radius 1 is 1.12 bits per heavy atom. The van der Waals surface area contributed by atoms with Crippen molar-refractivity contribution < 1.29 is 14.0 Å². The molecule has 1 N–H and O–H groups in total. The van der Waals surface area contributed by atoms with E-state index >= 15 is 0 Å². The Balaban J connectivity index is 1.84. The standard InChI is InChI=1S/C20H21FN2O2S/c1-13(2)19(25)23-17(12-26-20(23)14-6-4-3-5-7-14)18(24)22-16-10-8-15(21)9-11-16/h3-11,13,17,20H,12H2,1-2H3,(H,22,24). The number of nitrogens with one attached hydrogen (secondary N) is 1. The Labute approximate surface area is 156 Å². The Morgan fingerprint density at radius 3 is 2.38 bits per heavy atom. The van der Waals surface area contributed by atoms with E-state index in [4.69, 9.17) is 0 Å². The average molecular weight is 372 g/mol. The molecule has 26 heavy (non-hydrogen) atoms. The maximum Gasteiger partial charge on any atom is 0.248 e. The fourth-order valence-corrected chi connectivity index (χ4v) is 4.35. The number of halogens is 1. The second kappa shape index (κ2) is 7.91. The summed E-state index contributed by atoms with van der Waals surface area (Å²) in [5, 5.41) is 2.61. The highest BCUT2D eigenvalue weighted by Gasteiger charge is 2.42. The van der Waals surface area contributed by atoms with E-state index in [1.54, 1.807) is 16.7 Å². The summed E-state index contributed by atoms with van der Waals surface area (Å²) in [5.74, 6) is -0.355. The summed E-state index contributed by atoms with van der Waals surface area (Å²) < 4.78 is 13.1. The Bertz CT molecular complexity index is 780. The van der Waals surface area contributed by atoms with Gasteiger partial charge in [0.2, 0.25) is 11.8 Å². The molecule has 1 fully saturated rings. The molecule has 2 aromatic rings. The molecule has 0 radical (unpaired) electrons. The summed E-state index contributed by atoms with van der Waals surface area (Å²) in [4.78, 5) is 27.3. The van der Waals surface area contributed by atoms with Crippen LogP contribution in [0, 0.1) is 11.7 Å². The van der Waals surface area contributed by atoms with Gasteiger partial charge < -0.3 is 10.2 Å². The number of benzene rings is 2. The number of hydrogen-bond donors (Lipinski definition) is 1. The third kappa shape index (κ3) is 3.90. The molecule has 2 unspecified atom stereocenters. The molecule has 1 heterocycles. The first-order valence-corrected chi connectivity index (χ1v) is 9.57. The zero-order chi connectivity index (χ0) is 18.7. The van der Waals surface area contributed by atoms with E-state index in [9.17, 15) is 14.0 Å². The van der Waals surface area contributed by atoms with Crippen molar-refractivity contribution >= 4 is 29.3 Å². The van der Waals surface area contributed by atoms with Crippen molar-refractivity contribution in [1.29, 1.82) is 0 Å². The van der Waals surface area contributed by atoms with Gasteiger partial charge in [-0.15, -0.1) is 11.8 Å². The van der Waals surface area contributed by atoms with Crippen LogP contribution in [0.3, 0.4) is 0 Å². The number of anilines is 1. The van der Waals surface area contributed by atoms with Crippen molar-refractivity contribution in [2.45, 2.75) is 25.3 Å². The largest absolute Gasteiger partial charge is 0.324 e. The summed E-state index contributed by atoms with van der Waals surface area (Å²) in [6, 6.07) is 14.8. The lowest BCUT2D eigenvalue weighted by Crippen LogP contribution is -2.46. The maximum absolute atomic E-state index is 13.1. The first kappa shape index (κ1) is 18.5. The lowest BCUT2D eigenvalue weighted by molar-refractivity contribution is -0.140. The average Bonchev–Trinajstić information content (AvgIpc) is 3.08. The molecular formula is C20H21FN2O2S. The van der Waals surface area contributed by atoms with Crippen molar-refractivity contribution in [3.63, 3.8) is 0 Å². The first-order chi connectivity index (χ1) is 12.5. The van der Waals surface area contributed by atoms with Crippen LogP contribution >= 0.6 is 11.8 Å². The van der Waals surface area contributed by atoms with Crippen LogP contribution in [0.5, 0.6) is 0 Å². The van der Waals surface area contributed by atoms with Crippen LogP contribution in [-0.4, -0.2) is 28.5 Å². The van der Waals surface area contributed by atoms with Gasteiger partial charge in [-0.05, 0) is 29.8 Å². The fraction of sp³-hybridized carbons (Fsp3) is 0.300. The molecule has 2 aromatic carbocycles. The zero-order valence-electron chi connectivity index (χ0n) is 14.7. The summed E-state index contributed by atoms with van der Waals surface area (Å²) in [6.45, 7) is 3.67. The summed E-state index contributed by atoms with van der Waals surface area (Å²) in [7, 11) is 0. The number of nitrogens with zero attached hydrogens (tertiary/aromatic N) is 1. The van der Waals surface area contributed by atoms with Crippen molar-refractivity contribution in [3.8, 4) is 0 Å². The number of rotatable bonds is 4. The number of carbonyl (C=O) groups is 2. The van der Waals surface area contributed by atoms with Gasteiger partial charge in [-0.3, -0.25) is 9.59 Å². The monoisotopic (exact) mass is 372 g/mol. The number of amides is 2. The van der Waals surface area contributed by atoms with Gasteiger partial charge in [-0.2, -0.15) is 0 Å². The second-order valence-electron chi connectivity index (χ2n) is 6.51. The number of thioether (sulfide) groups is 1. The molecule has 0 bridgehead atoms. The van der Waals surface area contributed by atoms with Crippen molar-refractivity contribution in [2.24, 2.45) is 5.92 Å². The number of carbonyl (C=O) groups excluding carboxylic acids is 2. The topological polar surface area (TPSA) is 49.4 Å². The van der Waals surface area contributed by atoms with Gasteiger partial charge in [0, 0.05) is 17.4 Å². The van der Waals surface area contributed by atoms with Crippen LogP contribution in [0.15, 0.2) is 54.6 Å². The molecule has 1 saturated heterocycles. The van der Waals surface area contributed by atoms with Gasteiger partial charge in [0.15, 0.2) is 0 Å². The lowest BCUT2D eigenvalue weighted by atomic mass is 10.1. The molecule has 2 atom stereocenters. The Morgan fingerprint density at radius 2 is 1.77 bits per heavy atom. The van der Waals surface area contributed by atoms with E-state index in [1.165, 1.54) is 24.3 Å². The first-order valence-electron chi connectivity index (χ1n) is 8.52. The van der Waals surface area contributed by atoms with E-state index in [2.05, 4.69) is 5.32 Å². The van der Waals surface area contributed by atoms with Crippen LogP contribution in [0.2, 0.25) is 0 Å². The van der Waals surface area contributed by atoms with Gasteiger partial charge in [0.25, 0.3) is 0 Å². The van der Waals surface area contributed by atoms with Crippen LogP contribution in [-0.2, 0) is 9.59 Å². The van der Waals surface area contributed by atoms with Crippen molar-refractivity contribution in [3.05, 3.63) is 66.0 Å². The van der Waals surface area contributed by atoms with E-state index in [-0.39, 0.29) is 28.9 Å². The smallest absolute Gasteiger partial charge is 0.248 e. The summed E-state index contributed by atoms with van der Waals surface area (Å²) in [6.07, 6.45) is 0. The molecule has 0 spiro atoms. The Kier molecular flexibility index (Phi) is 5.61. The van der Waals surface area contributed by atoms with Crippen LogP contribution < -0.4 is 5.32 Å². The molecule has 0 aromatic heterocycles. The molecule has 4 nitrogen and oxygen atoms in total. The summed E-state index contributed by atoms with van der Waals surface area (Å²) in [5.41, 5.74) is 1.52. The van der Waals surface area contributed by atoms with Crippen molar-refractivity contribution in [1.82, 2.24) is 4.90 Å². The van der Waals surface area contributed by atoms with Gasteiger partial charge in [-0.1, -0.05) is 44.2 Å². The highest BCUT2D eigenvalue weighted by Crippen LogP contribution is 2.42. The molecule has 0 saturated carbocycles. The molecule has 3 rings (SSSR count). The molecular weight excluding hydrogens is 351 g/mol. The molecule has 1 aliphatic heterocycles. The van der Waals surface area contributed by atoms with Gasteiger partial charge in [-0.25, -0.2) is 4.39 Å². The minimum atomic E-state index is -0.565. The third-order valence-corrected chi connectivity index (χ3v) is 5.57. The molecule has 2 amide bonds. The minimum Gasteiger partial charge on any atom is -0.324 e. The normalized spacial score (nSPS) is 19.6. The molecule has 136 valence electrons. The van der Waals surface area contributed by atoms with E-state index < -0.39 is 6.04 Å². The van der Waals surface area contributed by atoms with Crippen molar-refractivity contribution in [2.75, 3.05) is 11.1 Å². The second-order valence-corrected chi connectivity index (χ2v) is 7.62. The SMILES string of the molecule is CC(C)C(=O)N1C(C(=O)Nc2ccc(F)cc2)CSC1c1ccccc1.